The van der Waals surface area contributed by atoms with Crippen LogP contribution in [0.1, 0.15) is 26.7 Å². The van der Waals surface area contributed by atoms with E-state index in [1.165, 1.54) is 0 Å². The Balaban J connectivity index is 2.81. The minimum Gasteiger partial charge on any atom is -0.330 e. The molecule has 0 bridgehead atoms. The van der Waals surface area contributed by atoms with Crippen molar-refractivity contribution < 1.29 is 4.79 Å². The van der Waals surface area contributed by atoms with E-state index in [9.17, 15) is 4.79 Å². The Hall–Kier alpha value is -0.710. The predicted octanol–water partition coefficient (Wildman–Crippen LogP) is 3.52. The van der Waals surface area contributed by atoms with Gasteiger partial charge in [0, 0.05) is 16.6 Å². The minimum atomic E-state index is -0.0201. The predicted molar refractivity (Wildman–Crippen MR) is 79.4 cm³/mol. The number of hydrogen-bond donors (Lipinski definition) is 2. The molecule has 0 heterocycles. The lowest BCUT2D eigenvalue weighted by Crippen LogP contribution is -2.14. The number of nitrogens with one attached hydrogen (secondary N) is 1. The van der Waals surface area contributed by atoms with Crippen molar-refractivity contribution in [2.45, 2.75) is 36.8 Å². The molecule has 0 saturated heterocycles. The van der Waals surface area contributed by atoms with Gasteiger partial charge in [-0.3, -0.25) is 4.79 Å². The average Bonchev–Trinajstić information content (AvgIpc) is 2.30. The summed E-state index contributed by atoms with van der Waals surface area (Å²) in [6.07, 6.45) is 1.13. The van der Waals surface area contributed by atoms with Gasteiger partial charge in [0.15, 0.2) is 0 Å². The van der Waals surface area contributed by atoms with E-state index in [-0.39, 0.29) is 5.91 Å². The molecule has 18 heavy (non-hydrogen) atoms. The number of amides is 1. The summed E-state index contributed by atoms with van der Waals surface area (Å²) >= 11 is 7.82. The molecular weight excluding hydrogens is 268 g/mol. The van der Waals surface area contributed by atoms with Gasteiger partial charge in [0.05, 0.1) is 10.7 Å². The van der Waals surface area contributed by atoms with Crippen LogP contribution in [0.15, 0.2) is 23.1 Å². The van der Waals surface area contributed by atoms with E-state index in [0.717, 1.165) is 10.6 Å². The van der Waals surface area contributed by atoms with Gasteiger partial charge in [-0.2, -0.15) is 0 Å². The number of carbonyl (C=O) groups is 1. The molecule has 3 nitrogen and oxygen atoms in total. The number of anilines is 1. The quantitative estimate of drug-likeness (QED) is 0.787. The maximum atomic E-state index is 11.7. The molecule has 5 heteroatoms. The molecule has 1 rings (SSSR count). The molecule has 0 aliphatic carbocycles. The van der Waals surface area contributed by atoms with E-state index in [2.05, 4.69) is 19.2 Å². The molecule has 0 saturated carbocycles. The number of nitrogens with two attached hydrogens (primary N) is 1. The maximum absolute atomic E-state index is 11.7. The highest BCUT2D eigenvalue weighted by Gasteiger charge is 2.11. The maximum Gasteiger partial charge on any atom is 0.224 e. The number of carbonyl (C=O) groups excluding carboxylic acids is 1. The normalized spacial score (nSPS) is 10.7. The zero-order valence-corrected chi connectivity index (χ0v) is 12.3. The van der Waals surface area contributed by atoms with E-state index < -0.39 is 0 Å². The van der Waals surface area contributed by atoms with Crippen LogP contribution in [0, 0.1) is 0 Å². The molecule has 0 fully saturated rings. The number of benzene rings is 1. The zero-order valence-electron chi connectivity index (χ0n) is 10.7. The third-order valence-corrected chi connectivity index (χ3v) is 3.78. The summed E-state index contributed by atoms with van der Waals surface area (Å²) in [5, 5.41) is 3.97. The Bertz CT molecular complexity index is 410. The Labute approximate surface area is 117 Å². The Morgan fingerprint density at radius 3 is 2.83 bits per heavy atom. The molecule has 0 aliphatic heterocycles. The highest BCUT2D eigenvalue weighted by atomic mass is 35.5. The fourth-order valence-corrected chi connectivity index (χ4v) is 2.64. The summed E-state index contributed by atoms with van der Waals surface area (Å²) in [6, 6.07) is 5.55. The summed E-state index contributed by atoms with van der Waals surface area (Å²) in [5.41, 5.74) is 6.17. The third kappa shape index (κ3) is 4.88. The highest BCUT2D eigenvalue weighted by molar-refractivity contribution is 8.00. The fraction of sp³-hybridized carbons (Fsp3) is 0.462. The van der Waals surface area contributed by atoms with Gasteiger partial charge < -0.3 is 11.1 Å². The molecule has 0 atom stereocenters. The van der Waals surface area contributed by atoms with Crippen LogP contribution < -0.4 is 11.1 Å². The first-order chi connectivity index (χ1) is 8.54. The first-order valence-corrected chi connectivity index (χ1v) is 7.25. The summed E-state index contributed by atoms with van der Waals surface area (Å²) < 4.78 is 0. The van der Waals surface area contributed by atoms with Crippen molar-refractivity contribution >= 4 is 35.0 Å². The van der Waals surface area contributed by atoms with Gasteiger partial charge in [-0.15, -0.1) is 11.8 Å². The van der Waals surface area contributed by atoms with Gasteiger partial charge in [0.25, 0.3) is 0 Å². The molecule has 0 aromatic heterocycles. The standard InChI is InChI=1S/C13H19ClN2OS/c1-9(2)18-13-10(14)5-3-6-11(13)16-12(17)7-4-8-15/h3,5-6,9H,4,7-8,15H2,1-2H3,(H,16,17). The average molecular weight is 287 g/mol. The zero-order chi connectivity index (χ0) is 13.5. The third-order valence-electron chi connectivity index (χ3n) is 2.20. The molecule has 0 aliphatic rings. The minimum absolute atomic E-state index is 0.0201. The van der Waals surface area contributed by atoms with Crippen molar-refractivity contribution in [1.82, 2.24) is 0 Å². The molecule has 1 amide bonds. The molecule has 1 aromatic carbocycles. The van der Waals surface area contributed by atoms with Crippen LogP contribution in [0.25, 0.3) is 0 Å². The van der Waals surface area contributed by atoms with E-state index >= 15 is 0 Å². The SMILES string of the molecule is CC(C)Sc1c(Cl)cccc1NC(=O)CCCN. The van der Waals surface area contributed by atoms with Crippen LogP contribution in [-0.4, -0.2) is 17.7 Å². The van der Waals surface area contributed by atoms with Crippen LogP contribution in [0.2, 0.25) is 5.02 Å². The van der Waals surface area contributed by atoms with Crippen molar-refractivity contribution in [1.29, 1.82) is 0 Å². The summed E-state index contributed by atoms with van der Waals surface area (Å²) in [7, 11) is 0. The van der Waals surface area contributed by atoms with Gasteiger partial charge in [0.1, 0.15) is 0 Å². The molecule has 100 valence electrons. The second kappa shape index (κ2) is 7.67. The molecule has 0 radical (unpaired) electrons. The second-order valence-corrected chi connectivity index (χ2v) is 6.22. The summed E-state index contributed by atoms with van der Waals surface area (Å²) in [6.45, 7) is 4.71. The van der Waals surface area contributed by atoms with Crippen LogP contribution >= 0.6 is 23.4 Å². The van der Waals surface area contributed by atoms with Gasteiger partial charge in [-0.1, -0.05) is 31.5 Å². The number of hydrogen-bond acceptors (Lipinski definition) is 3. The lowest BCUT2D eigenvalue weighted by atomic mass is 10.2. The lowest BCUT2D eigenvalue weighted by molar-refractivity contribution is -0.116. The molecular formula is C13H19ClN2OS. The first-order valence-electron chi connectivity index (χ1n) is 5.99. The van der Waals surface area contributed by atoms with Crippen LogP contribution in [-0.2, 0) is 4.79 Å². The Morgan fingerprint density at radius 2 is 2.22 bits per heavy atom. The molecule has 1 aromatic rings. The largest absolute Gasteiger partial charge is 0.330 e. The van der Waals surface area contributed by atoms with Gasteiger partial charge in [-0.25, -0.2) is 0 Å². The van der Waals surface area contributed by atoms with Crippen molar-refractivity contribution in [3.8, 4) is 0 Å². The fourth-order valence-electron chi connectivity index (χ4n) is 1.44. The van der Waals surface area contributed by atoms with E-state index in [0.29, 0.717) is 29.7 Å². The Kier molecular flexibility index (Phi) is 6.54. The molecule has 0 unspecified atom stereocenters. The van der Waals surface area contributed by atoms with Gasteiger partial charge in [0.2, 0.25) is 5.91 Å². The second-order valence-electron chi connectivity index (χ2n) is 4.22. The number of halogens is 1. The van der Waals surface area contributed by atoms with E-state index in [1.54, 1.807) is 11.8 Å². The monoisotopic (exact) mass is 286 g/mol. The lowest BCUT2D eigenvalue weighted by Gasteiger charge is -2.14. The van der Waals surface area contributed by atoms with Gasteiger partial charge >= 0.3 is 0 Å². The van der Waals surface area contributed by atoms with Crippen molar-refractivity contribution in [3.63, 3.8) is 0 Å². The van der Waals surface area contributed by atoms with Crippen molar-refractivity contribution in [2.24, 2.45) is 5.73 Å². The smallest absolute Gasteiger partial charge is 0.224 e. The first kappa shape index (κ1) is 15.3. The van der Waals surface area contributed by atoms with Gasteiger partial charge in [-0.05, 0) is 25.1 Å². The van der Waals surface area contributed by atoms with E-state index in [4.69, 9.17) is 17.3 Å². The molecule has 0 spiro atoms. The number of thioether (sulfide) groups is 1. The van der Waals surface area contributed by atoms with E-state index in [1.807, 2.05) is 18.2 Å². The summed E-state index contributed by atoms with van der Waals surface area (Å²) in [5.74, 6) is -0.0201. The van der Waals surface area contributed by atoms with Crippen molar-refractivity contribution in [3.05, 3.63) is 23.2 Å². The van der Waals surface area contributed by atoms with Crippen LogP contribution in [0.4, 0.5) is 5.69 Å². The topological polar surface area (TPSA) is 55.1 Å². The van der Waals surface area contributed by atoms with Crippen molar-refractivity contribution in [2.75, 3.05) is 11.9 Å². The molecule has 3 N–H and O–H groups in total. The summed E-state index contributed by atoms with van der Waals surface area (Å²) in [4.78, 5) is 12.6. The number of rotatable bonds is 6. The Morgan fingerprint density at radius 1 is 1.50 bits per heavy atom. The highest BCUT2D eigenvalue weighted by Crippen LogP contribution is 2.36. The van der Waals surface area contributed by atoms with Crippen LogP contribution in [0.5, 0.6) is 0 Å². The van der Waals surface area contributed by atoms with Crippen LogP contribution in [0.3, 0.4) is 0 Å².